The molecular formula is C18H16ClN3O4. The number of amides is 2. The van der Waals surface area contributed by atoms with Gasteiger partial charge in [0.05, 0.1) is 5.69 Å². The van der Waals surface area contributed by atoms with Gasteiger partial charge in [-0.2, -0.15) is 0 Å². The largest absolute Gasteiger partial charge is 0.479 e. The SMILES string of the molecule is CC(=O)c1ccc2c(c1)N(CC(=O)Nc1cc(Cl)ccn1)C(=O)C(C)O2. The van der Waals surface area contributed by atoms with Crippen molar-refractivity contribution in [3.63, 3.8) is 0 Å². The van der Waals surface area contributed by atoms with Gasteiger partial charge in [0.2, 0.25) is 5.91 Å². The fourth-order valence-electron chi connectivity index (χ4n) is 2.59. The van der Waals surface area contributed by atoms with Crippen LogP contribution in [0.25, 0.3) is 0 Å². The molecule has 0 spiro atoms. The van der Waals surface area contributed by atoms with Crippen LogP contribution in [0.2, 0.25) is 5.02 Å². The minimum atomic E-state index is -0.734. The van der Waals surface area contributed by atoms with Crippen LogP contribution >= 0.6 is 11.6 Å². The second kappa shape index (κ2) is 7.13. The lowest BCUT2D eigenvalue weighted by molar-refractivity contribution is -0.127. The summed E-state index contributed by atoms with van der Waals surface area (Å²) in [6, 6.07) is 7.89. The number of ketones is 1. The highest BCUT2D eigenvalue weighted by Gasteiger charge is 2.33. The van der Waals surface area contributed by atoms with E-state index in [2.05, 4.69) is 10.3 Å². The first-order valence-electron chi connectivity index (χ1n) is 7.89. The normalized spacial score (nSPS) is 15.9. The zero-order valence-corrected chi connectivity index (χ0v) is 14.9. The number of Topliss-reactive ketones (excluding diaryl/α,β-unsaturated/α-hetero) is 1. The molecule has 0 aliphatic carbocycles. The van der Waals surface area contributed by atoms with Gasteiger partial charge in [-0.3, -0.25) is 19.3 Å². The molecule has 134 valence electrons. The molecule has 3 rings (SSSR count). The molecule has 0 fully saturated rings. The molecule has 0 saturated heterocycles. The van der Waals surface area contributed by atoms with Crippen molar-refractivity contribution in [3.05, 3.63) is 47.1 Å². The minimum Gasteiger partial charge on any atom is -0.479 e. The number of hydrogen-bond acceptors (Lipinski definition) is 5. The van der Waals surface area contributed by atoms with Gasteiger partial charge in [0.25, 0.3) is 5.91 Å². The number of benzene rings is 1. The third-order valence-electron chi connectivity index (χ3n) is 3.86. The van der Waals surface area contributed by atoms with Gasteiger partial charge < -0.3 is 10.1 Å². The summed E-state index contributed by atoms with van der Waals surface area (Å²) < 4.78 is 5.56. The number of aromatic nitrogens is 1. The number of anilines is 2. The van der Waals surface area contributed by atoms with E-state index < -0.39 is 12.0 Å². The second-order valence-corrected chi connectivity index (χ2v) is 6.27. The number of hydrogen-bond donors (Lipinski definition) is 1. The number of fused-ring (bicyclic) bond motifs is 1. The molecule has 1 unspecified atom stereocenters. The highest BCUT2D eigenvalue weighted by Crippen LogP contribution is 2.35. The molecule has 0 saturated carbocycles. The molecule has 2 aromatic rings. The Kier molecular flexibility index (Phi) is 4.90. The van der Waals surface area contributed by atoms with Crippen LogP contribution in [-0.4, -0.2) is 35.2 Å². The molecular weight excluding hydrogens is 358 g/mol. The zero-order valence-electron chi connectivity index (χ0n) is 14.2. The molecule has 2 heterocycles. The molecule has 1 aliphatic heterocycles. The monoisotopic (exact) mass is 373 g/mol. The molecule has 0 radical (unpaired) electrons. The standard InChI is InChI=1S/C18H16ClN3O4/c1-10(23)12-3-4-15-14(7-12)22(18(25)11(2)26-15)9-17(24)21-16-8-13(19)5-6-20-16/h3-8,11H,9H2,1-2H3,(H,20,21,24). The molecule has 2 amide bonds. The Balaban J connectivity index is 1.86. The van der Waals surface area contributed by atoms with E-state index in [1.807, 2.05) is 0 Å². The van der Waals surface area contributed by atoms with Gasteiger partial charge in [-0.25, -0.2) is 4.98 Å². The Morgan fingerprint density at radius 1 is 1.31 bits per heavy atom. The maximum Gasteiger partial charge on any atom is 0.268 e. The van der Waals surface area contributed by atoms with E-state index >= 15 is 0 Å². The van der Waals surface area contributed by atoms with Crippen molar-refractivity contribution in [1.82, 2.24) is 4.98 Å². The Hall–Kier alpha value is -2.93. The first-order valence-corrected chi connectivity index (χ1v) is 8.27. The quantitative estimate of drug-likeness (QED) is 0.832. The van der Waals surface area contributed by atoms with Crippen LogP contribution in [0.3, 0.4) is 0 Å². The van der Waals surface area contributed by atoms with E-state index in [1.165, 1.54) is 24.1 Å². The number of halogens is 1. The second-order valence-electron chi connectivity index (χ2n) is 5.83. The summed E-state index contributed by atoms with van der Waals surface area (Å²) in [5.41, 5.74) is 0.812. The van der Waals surface area contributed by atoms with Gasteiger partial charge in [-0.05, 0) is 44.2 Å². The third-order valence-corrected chi connectivity index (χ3v) is 4.10. The van der Waals surface area contributed by atoms with E-state index in [9.17, 15) is 14.4 Å². The van der Waals surface area contributed by atoms with Crippen LogP contribution in [0.15, 0.2) is 36.5 Å². The Bertz CT molecular complexity index is 900. The van der Waals surface area contributed by atoms with Crippen molar-refractivity contribution in [1.29, 1.82) is 0 Å². The molecule has 1 aromatic heterocycles. The van der Waals surface area contributed by atoms with Gasteiger partial charge in [-0.15, -0.1) is 0 Å². The number of carbonyl (C=O) groups excluding carboxylic acids is 3. The van der Waals surface area contributed by atoms with E-state index in [0.717, 1.165) is 0 Å². The summed E-state index contributed by atoms with van der Waals surface area (Å²) in [6.45, 7) is 2.79. The van der Waals surface area contributed by atoms with Crippen molar-refractivity contribution in [3.8, 4) is 5.75 Å². The van der Waals surface area contributed by atoms with Crippen LogP contribution < -0.4 is 15.0 Å². The lowest BCUT2D eigenvalue weighted by Gasteiger charge is -2.32. The molecule has 1 N–H and O–H groups in total. The highest BCUT2D eigenvalue weighted by molar-refractivity contribution is 6.30. The summed E-state index contributed by atoms with van der Waals surface area (Å²) in [6.07, 6.45) is 0.733. The number of nitrogens with one attached hydrogen (secondary N) is 1. The molecule has 7 nitrogen and oxygen atoms in total. The summed E-state index contributed by atoms with van der Waals surface area (Å²) >= 11 is 5.87. The number of ether oxygens (including phenoxy) is 1. The predicted octanol–water partition coefficient (Wildman–Crippen LogP) is 2.69. The zero-order chi connectivity index (χ0) is 18.8. The number of rotatable bonds is 4. The number of nitrogens with zero attached hydrogens (tertiary/aromatic N) is 2. The Labute approximate surface area is 154 Å². The smallest absolute Gasteiger partial charge is 0.268 e. The maximum atomic E-state index is 12.5. The average Bonchev–Trinajstić information content (AvgIpc) is 2.58. The number of carbonyl (C=O) groups is 3. The highest BCUT2D eigenvalue weighted by atomic mass is 35.5. The van der Waals surface area contributed by atoms with Crippen molar-refractivity contribution in [2.75, 3.05) is 16.8 Å². The van der Waals surface area contributed by atoms with Gasteiger partial charge >= 0.3 is 0 Å². The van der Waals surface area contributed by atoms with Crippen molar-refractivity contribution < 1.29 is 19.1 Å². The summed E-state index contributed by atoms with van der Waals surface area (Å²) in [5.74, 6) is -0.232. The van der Waals surface area contributed by atoms with Crippen LogP contribution in [0.5, 0.6) is 5.75 Å². The molecule has 1 aliphatic rings. The van der Waals surface area contributed by atoms with E-state index in [0.29, 0.717) is 22.0 Å². The van der Waals surface area contributed by atoms with Gasteiger partial charge in [0, 0.05) is 16.8 Å². The lowest BCUT2D eigenvalue weighted by Crippen LogP contribution is -2.47. The molecule has 0 bridgehead atoms. The minimum absolute atomic E-state index is 0.147. The Morgan fingerprint density at radius 3 is 2.77 bits per heavy atom. The lowest BCUT2D eigenvalue weighted by atomic mass is 10.1. The van der Waals surface area contributed by atoms with Gasteiger partial charge in [-0.1, -0.05) is 11.6 Å². The fraction of sp³-hybridized carbons (Fsp3) is 0.222. The number of pyridine rings is 1. The van der Waals surface area contributed by atoms with Crippen molar-refractivity contribution in [2.24, 2.45) is 0 Å². The van der Waals surface area contributed by atoms with E-state index in [1.54, 1.807) is 31.2 Å². The van der Waals surface area contributed by atoms with Gasteiger partial charge in [0.1, 0.15) is 18.1 Å². The summed E-state index contributed by atoms with van der Waals surface area (Å²) in [4.78, 5) is 41.8. The van der Waals surface area contributed by atoms with Crippen LogP contribution in [0.1, 0.15) is 24.2 Å². The summed E-state index contributed by atoms with van der Waals surface area (Å²) in [5, 5.41) is 3.03. The topological polar surface area (TPSA) is 88.6 Å². The van der Waals surface area contributed by atoms with E-state index in [4.69, 9.17) is 16.3 Å². The predicted molar refractivity (Wildman–Crippen MR) is 96.8 cm³/mol. The molecule has 1 atom stereocenters. The first-order chi connectivity index (χ1) is 12.3. The maximum absolute atomic E-state index is 12.5. The average molecular weight is 374 g/mol. The van der Waals surface area contributed by atoms with Crippen LogP contribution in [0.4, 0.5) is 11.5 Å². The van der Waals surface area contributed by atoms with Gasteiger partial charge in [0.15, 0.2) is 11.9 Å². The summed E-state index contributed by atoms with van der Waals surface area (Å²) in [7, 11) is 0. The molecule has 8 heteroatoms. The first kappa shape index (κ1) is 17.9. The Morgan fingerprint density at radius 2 is 2.08 bits per heavy atom. The molecule has 1 aromatic carbocycles. The fourth-order valence-corrected chi connectivity index (χ4v) is 2.75. The van der Waals surface area contributed by atoms with Crippen LogP contribution in [0, 0.1) is 0 Å². The third kappa shape index (κ3) is 3.67. The van der Waals surface area contributed by atoms with Crippen LogP contribution in [-0.2, 0) is 9.59 Å². The molecule has 26 heavy (non-hydrogen) atoms. The van der Waals surface area contributed by atoms with E-state index in [-0.39, 0.29) is 24.1 Å². The van der Waals surface area contributed by atoms with Crippen molar-refractivity contribution in [2.45, 2.75) is 20.0 Å². The van der Waals surface area contributed by atoms with Crippen molar-refractivity contribution >= 4 is 40.7 Å².